The molecule has 0 radical (unpaired) electrons. The summed E-state index contributed by atoms with van der Waals surface area (Å²) in [6, 6.07) is 0.259. The maximum Gasteiger partial charge on any atom is 0.265 e. The number of rotatable bonds is 6. The zero-order valence-corrected chi connectivity index (χ0v) is 13.1. The summed E-state index contributed by atoms with van der Waals surface area (Å²) >= 11 is 3.22. The summed E-state index contributed by atoms with van der Waals surface area (Å²) in [6.45, 7) is 1.23. The molecule has 0 aromatic carbocycles. The van der Waals surface area contributed by atoms with Crippen molar-refractivity contribution in [3.8, 4) is 0 Å². The summed E-state index contributed by atoms with van der Waals surface area (Å²) in [6.07, 6.45) is 2.04. The van der Waals surface area contributed by atoms with Crippen molar-refractivity contribution in [2.75, 3.05) is 42.8 Å². The lowest BCUT2D eigenvalue weighted by Crippen LogP contribution is -2.37. The summed E-state index contributed by atoms with van der Waals surface area (Å²) in [5.74, 6) is 2.38. The fourth-order valence-corrected chi connectivity index (χ4v) is 3.84. The first-order valence-corrected chi connectivity index (χ1v) is 8.55. The lowest BCUT2D eigenvalue weighted by atomic mass is 10.1. The Morgan fingerprint density at radius 1 is 1.50 bits per heavy atom. The van der Waals surface area contributed by atoms with Gasteiger partial charge in [0.25, 0.3) is 5.91 Å². The van der Waals surface area contributed by atoms with Gasteiger partial charge >= 0.3 is 0 Å². The molecule has 0 bridgehead atoms. The van der Waals surface area contributed by atoms with Crippen LogP contribution in [0.1, 0.15) is 22.5 Å². The van der Waals surface area contributed by atoms with E-state index < -0.39 is 0 Å². The molecule has 1 aromatic rings. The van der Waals surface area contributed by atoms with Gasteiger partial charge in [0.05, 0.1) is 6.61 Å². The van der Waals surface area contributed by atoms with E-state index in [9.17, 15) is 4.79 Å². The van der Waals surface area contributed by atoms with E-state index >= 15 is 0 Å². The molecule has 1 amide bonds. The van der Waals surface area contributed by atoms with Crippen LogP contribution < -0.4 is 16.4 Å². The second-order valence-corrected chi connectivity index (χ2v) is 6.74. The van der Waals surface area contributed by atoms with E-state index in [0.29, 0.717) is 23.2 Å². The topological polar surface area (TPSA) is 89.3 Å². The molecule has 1 aliphatic heterocycles. The lowest BCUT2D eigenvalue weighted by Gasteiger charge is -2.22. The first-order valence-electron chi connectivity index (χ1n) is 6.58. The van der Waals surface area contributed by atoms with Crippen LogP contribution in [-0.4, -0.2) is 48.7 Å². The SMILES string of the molecule is COCCNc1nc(N)c(C(=O)NC2CCSCC2)s1. The zero-order valence-electron chi connectivity index (χ0n) is 11.5. The number of nitrogens with one attached hydrogen (secondary N) is 2. The van der Waals surface area contributed by atoms with E-state index in [1.807, 2.05) is 11.8 Å². The Morgan fingerprint density at radius 3 is 2.95 bits per heavy atom. The monoisotopic (exact) mass is 316 g/mol. The van der Waals surface area contributed by atoms with Crippen LogP contribution in [-0.2, 0) is 4.74 Å². The molecule has 1 fully saturated rings. The van der Waals surface area contributed by atoms with Crippen LogP contribution in [0, 0.1) is 0 Å². The third-order valence-electron chi connectivity index (χ3n) is 3.00. The summed E-state index contributed by atoms with van der Waals surface area (Å²) < 4.78 is 4.95. The number of methoxy groups -OCH3 is 1. The number of carbonyl (C=O) groups is 1. The average Bonchev–Trinajstić information content (AvgIpc) is 2.81. The molecule has 2 rings (SSSR count). The Kier molecular flexibility index (Phi) is 5.93. The van der Waals surface area contributed by atoms with E-state index in [4.69, 9.17) is 10.5 Å². The van der Waals surface area contributed by atoms with Gasteiger partial charge < -0.3 is 21.1 Å². The van der Waals surface area contributed by atoms with E-state index in [2.05, 4.69) is 15.6 Å². The first-order chi connectivity index (χ1) is 9.70. The highest BCUT2D eigenvalue weighted by Gasteiger charge is 2.21. The largest absolute Gasteiger partial charge is 0.383 e. The molecule has 0 unspecified atom stereocenters. The number of amides is 1. The van der Waals surface area contributed by atoms with Crippen LogP contribution in [0.25, 0.3) is 0 Å². The number of nitrogens with two attached hydrogens (primary N) is 1. The molecule has 20 heavy (non-hydrogen) atoms. The van der Waals surface area contributed by atoms with Gasteiger partial charge in [0, 0.05) is 19.7 Å². The van der Waals surface area contributed by atoms with Gasteiger partial charge in [-0.05, 0) is 24.3 Å². The highest BCUT2D eigenvalue weighted by atomic mass is 32.2. The standard InChI is InChI=1S/C12H20N4O2S2/c1-18-5-4-14-12-16-10(13)9(20-12)11(17)15-8-2-6-19-7-3-8/h8H,2-7,13H2,1H3,(H,14,16)(H,15,17). The van der Waals surface area contributed by atoms with Gasteiger partial charge in [0.2, 0.25) is 0 Å². The van der Waals surface area contributed by atoms with Gasteiger partial charge in [-0.1, -0.05) is 11.3 Å². The van der Waals surface area contributed by atoms with Crippen molar-refractivity contribution >= 4 is 40.0 Å². The van der Waals surface area contributed by atoms with Crippen molar-refractivity contribution in [2.45, 2.75) is 18.9 Å². The van der Waals surface area contributed by atoms with Gasteiger partial charge in [-0.15, -0.1) is 0 Å². The predicted molar refractivity (Wildman–Crippen MR) is 84.7 cm³/mol. The van der Waals surface area contributed by atoms with Gasteiger partial charge in [-0.3, -0.25) is 4.79 Å². The van der Waals surface area contributed by atoms with Crippen LogP contribution in [0.4, 0.5) is 10.9 Å². The van der Waals surface area contributed by atoms with Crippen molar-refractivity contribution < 1.29 is 9.53 Å². The maximum atomic E-state index is 12.2. The smallest absolute Gasteiger partial charge is 0.265 e. The number of thiazole rings is 1. The lowest BCUT2D eigenvalue weighted by molar-refractivity contribution is 0.0939. The number of ether oxygens (including phenoxy) is 1. The third-order valence-corrected chi connectivity index (χ3v) is 5.07. The van der Waals surface area contributed by atoms with Gasteiger partial charge in [-0.25, -0.2) is 4.98 Å². The van der Waals surface area contributed by atoms with Crippen LogP contribution >= 0.6 is 23.1 Å². The van der Waals surface area contributed by atoms with Gasteiger partial charge in [-0.2, -0.15) is 11.8 Å². The van der Waals surface area contributed by atoms with Crippen LogP contribution in [0.3, 0.4) is 0 Å². The molecule has 8 heteroatoms. The minimum absolute atomic E-state index is 0.114. The van der Waals surface area contributed by atoms with Crippen molar-refractivity contribution in [3.63, 3.8) is 0 Å². The zero-order chi connectivity index (χ0) is 14.4. The van der Waals surface area contributed by atoms with Crippen LogP contribution in [0.5, 0.6) is 0 Å². The van der Waals surface area contributed by atoms with Crippen LogP contribution in [0.2, 0.25) is 0 Å². The number of hydrogen-bond donors (Lipinski definition) is 3. The summed E-state index contributed by atoms with van der Waals surface area (Å²) in [7, 11) is 1.64. The Bertz CT molecular complexity index is 447. The number of aromatic nitrogens is 1. The molecule has 112 valence electrons. The number of carbonyl (C=O) groups excluding carboxylic acids is 1. The van der Waals surface area contributed by atoms with Crippen molar-refractivity contribution in [1.82, 2.24) is 10.3 Å². The minimum Gasteiger partial charge on any atom is -0.383 e. The third kappa shape index (κ3) is 4.26. The normalized spacial score (nSPS) is 16.1. The van der Waals surface area contributed by atoms with Crippen LogP contribution in [0.15, 0.2) is 0 Å². The average molecular weight is 316 g/mol. The maximum absolute atomic E-state index is 12.2. The molecule has 1 aromatic heterocycles. The Morgan fingerprint density at radius 2 is 2.25 bits per heavy atom. The molecule has 0 aliphatic carbocycles. The highest BCUT2D eigenvalue weighted by Crippen LogP contribution is 2.25. The number of thioether (sulfide) groups is 1. The molecule has 0 atom stereocenters. The molecular formula is C12H20N4O2S2. The van der Waals surface area contributed by atoms with E-state index in [1.54, 1.807) is 7.11 Å². The van der Waals surface area contributed by atoms with Crippen molar-refractivity contribution in [1.29, 1.82) is 0 Å². The second kappa shape index (κ2) is 7.70. The molecule has 0 spiro atoms. The second-order valence-electron chi connectivity index (χ2n) is 4.51. The molecule has 1 saturated heterocycles. The molecule has 1 aliphatic rings. The Hall–Kier alpha value is -0.990. The number of nitrogens with zero attached hydrogens (tertiary/aromatic N) is 1. The van der Waals surface area contributed by atoms with Crippen molar-refractivity contribution in [2.24, 2.45) is 0 Å². The quantitative estimate of drug-likeness (QED) is 0.688. The number of hydrogen-bond acceptors (Lipinski definition) is 7. The fourth-order valence-electron chi connectivity index (χ4n) is 1.92. The Balaban J connectivity index is 1.91. The minimum atomic E-state index is -0.114. The molecule has 2 heterocycles. The molecule has 0 saturated carbocycles. The highest BCUT2D eigenvalue weighted by molar-refractivity contribution is 7.99. The van der Waals surface area contributed by atoms with Gasteiger partial charge in [0.1, 0.15) is 10.7 Å². The summed E-state index contributed by atoms with van der Waals surface area (Å²) in [5.41, 5.74) is 5.81. The van der Waals surface area contributed by atoms with E-state index in [1.165, 1.54) is 11.3 Å². The molecular weight excluding hydrogens is 296 g/mol. The summed E-state index contributed by atoms with van der Waals surface area (Å²) in [5, 5.41) is 6.78. The van der Waals surface area contributed by atoms with Crippen molar-refractivity contribution in [3.05, 3.63) is 4.88 Å². The first kappa shape index (κ1) is 15.4. The number of nitrogen functional groups attached to an aromatic ring is 1. The Labute approximate surface area is 126 Å². The number of anilines is 2. The predicted octanol–water partition coefficient (Wildman–Crippen LogP) is 1.41. The fraction of sp³-hybridized carbons (Fsp3) is 0.667. The summed E-state index contributed by atoms with van der Waals surface area (Å²) in [4.78, 5) is 16.8. The van der Waals surface area contributed by atoms with Gasteiger partial charge in [0.15, 0.2) is 5.13 Å². The molecule has 4 N–H and O–H groups in total. The molecule has 6 nitrogen and oxygen atoms in total. The van der Waals surface area contributed by atoms with E-state index in [0.717, 1.165) is 24.3 Å². The van der Waals surface area contributed by atoms with E-state index in [-0.39, 0.29) is 17.8 Å².